The van der Waals surface area contributed by atoms with Gasteiger partial charge in [0.25, 0.3) is 5.91 Å². The fourth-order valence-corrected chi connectivity index (χ4v) is 1.67. The molecule has 1 rings (SSSR count). The Hall–Kier alpha value is -1.60. The molecule has 0 bridgehead atoms. The van der Waals surface area contributed by atoms with E-state index in [0.29, 0.717) is 18.7 Å². The molecule has 22 heavy (non-hydrogen) atoms. The highest BCUT2D eigenvalue weighted by atomic mass is 35.5. The number of alkyl halides is 2. The summed E-state index contributed by atoms with van der Waals surface area (Å²) in [5, 5.41) is 5.88. The van der Waals surface area contributed by atoms with E-state index in [1.165, 1.54) is 25.3 Å². The minimum atomic E-state index is -2.94. The summed E-state index contributed by atoms with van der Waals surface area (Å²) in [6.07, 6.45) is 1.02. The van der Waals surface area contributed by atoms with E-state index in [-0.39, 0.29) is 29.8 Å². The van der Waals surface area contributed by atoms with Crippen LogP contribution in [0.25, 0.3) is 0 Å². The van der Waals surface area contributed by atoms with Crippen molar-refractivity contribution < 1.29 is 23.0 Å². The van der Waals surface area contributed by atoms with Crippen LogP contribution in [0.15, 0.2) is 18.2 Å². The van der Waals surface area contributed by atoms with Crippen LogP contribution >= 0.6 is 12.4 Å². The number of hydrogen-bond acceptors (Lipinski definition) is 4. The molecule has 0 aliphatic carbocycles. The topological polar surface area (TPSA) is 59.6 Å². The molecule has 0 saturated carbocycles. The molecule has 0 saturated heterocycles. The Balaban J connectivity index is 0.00000441. The predicted molar refractivity (Wildman–Crippen MR) is 82.4 cm³/mol. The maximum Gasteiger partial charge on any atom is 0.387 e. The van der Waals surface area contributed by atoms with Crippen LogP contribution in [0.4, 0.5) is 8.78 Å². The van der Waals surface area contributed by atoms with E-state index >= 15 is 0 Å². The van der Waals surface area contributed by atoms with Gasteiger partial charge in [-0.2, -0.15) is 8.78 Å². The first-order valence-corrected chi connectivity index (χ1v) is 6.70. The minimum Gasteiger partial charge on any atom is -0.493 e. The summed E-state index contributed by atoms with van der Waals surface area (Å²) in [7, 11) is 1.32. The van der Waals surface area contributed by atoms with Crippen LogP contribution in [0.1, 0.15) is 23.7 Å². The van der Waals surface area contributed by atoms with Crippen molar-refractivity contribution in [2.75, 3.05) is 26.7 Å². The van der Waals surface area contributed by atoms with Gasteiger partial charge < -0.3 is 20.1 Å². The molecule has 1 aromatic rings. The lowest BCUT2D eigenvalue weighted by Gasteiger charge is -2.11. The number of ether oxygens (including phenoxy) is 2. The first kappa shape index (κ1) is 20.4. The molecule has 0 fully saturated rings. The molecule has 0 radical (unpaired) electrons. The summed E-state index contributed by atoms with van der Waals surface area (Å²) in [6, 6.07) is 4.07. The van der Waals surface area contributed by atoms with Gasteiger partial charge in [0.15, 0.2) is 11.5 Å². The van der Waals surface area contributed by atoms with Crippen molar-refractivity contribution in [3.8, 4) is 11.5 Å². The van der Waals surface area contributed by atoms with Crippen molar-refractivity contribution in [1.29, 1.82) is 0 Å². The SMILES string of the molecule is CCCNCCNC(=O)c1ccc(OC(F)F)c(OC)c1.Cl. The number of carbonyl (C=O) groups excluding carboxylic acids is 1. The van der Waals surface area contributed by atoms with Gasteiger partial charge in [-0.05, 0) is 31.2 Å². The standard InChI is InChI=1S/C14H20F2N2O3.ClH/c1-3-6-17-7-8-18-13(19)10-4-5-11(21-14(15)16)12(9-10)20-2;/h4-5,9,14,17H,3,6-8H2,1-2H3,(H,18,19);1H. The smallest absolute Gasteiger partial charge is 0.387 e. The lowest BCUT2D eigenvalue weighted by atomic mass is 10.2. The van der Waals surface area contributed by atoms with Gasteiger partial charge in [0.05, 0.1) is 7.11 Å². The molecule has 126 valence electrons. The number of benzene rings is 1. The lowest BCUT2D eigenvalue weighted by molar-refractivity contribution is -0.0512. The van der Waals surface area contributed by atoms with Gasteiger partial charge in [0, 0.05) is 18.7 Å². The minimum absolute atomic E-state index is 0. The Bertz CT molecular complexity index is 462. The van der Waals surface area contributed by atoms with Crippen LogP contribution in [0.5, 0.6) is 11.5 Å². The fraction of sp³-hybridized carbons (Fsp3) is 0.500. The second kappa shape index (κ2) is 11.0. The van der Waals surface area contributed by atoms with Crippen LogP contribution in [-0.2, 0) is 0 Å². The zero-order valence-corrected chi connectivity index (χ0v) is 13.3. The fourth-order valence-electron chi connectivity index (χ4n) is 1.67. The van der Waals surface area contributed by atoms with Gasteiger partial charge >= 0.3 is 6.61 Å². The molecular weight excluding hydrogens is 318 g/mol. The molecule has 0 atom stereocenters. The molecule has 0 aliphatic rings. The van der Waals surface area contributed by atoms with E-state index in [9.17, 15) is 13.6 Å². The van der Waals surface area contributed by atoms with Gasteiger partial charge in [0.2, 0.25) is 0 Å². The van der Waals surface area contributed by atoms with Gasteiger partial charge in [0.1, 0.15) is 0 Å². The van der Waals surface area contributed by atoms with Gasteiger partial charge in [-0.15, -0.1) is 12.4 Å². The molecule has 1 aromatic carbocycles. The van der Waals surface area contributed by atoms with E-state index in [0.717, 1.165) is 13.0 Å². The summed E-state index contributed by atoms with van der Waals surface area (Å²) in [5.41, 5.74) is 0.323. The Morgan fingerprint density at radius 2 is 1.95 bits per heavy atom. The second-order valence-corrected chi connectivity index (χ2v) is 4.25. The number of rotatable bonds is 9. The summed E-state index contributed by atoms with van der Waals surface area (Å²) in [5.74, 6) is -0.309. The first-order chi connectivity index (χ1) is 10.1. The molecule has 0 aromatic heterocycles. The maximum absolute atomic E-state index is 12.2. The quantitative estimate of drug-likeness (QED) is 0.679. The molecule has 1 amide bonds. The highest BCUT2D eigenvalue weighted by Crippen LogP contribution is 2.29. The Morgan fingerprint density at radius 3 is 2.55 bits per heavy atom. The number of methoxy groups -OCH3 is 1. The third-order valence-corrected chi connectivity index (χ3v) is 2.66. The lowest BCUT2D eigenvalue weighted by Crippen LogP contribution is -2.32. The molecule has 2 N–H and O–H groups in total. The van der Waals surface area contributed by atoms with Crippen molar-refractivity contribution in [2.45, 2.75) is 20.0 Å². The maximum atomic E-state index is 12.2. The monoisotopic (exact) mass is 338 g/mol. The number of nitrogens with one attached hydrogen (secondary N) is 2. The number of amides is 1. The largest absolute Gasteiger partial charge is 0.493 e. The second-order valence-electron chi connectivity index (χ2n) is 4.25. The zero-order chi connectivity index (χ0) is 15.7. The van der Waals surface area contributed by atoms with Crippen molar-refractivity contribution in [2.24, 2.45) is 0 Å². The Morgan fingerprint density at radius 1 is 1.23 bits per heavy atom. The zero-order valence-electron chi connectivity index (χ0n) is 12.5. The average molecular weight is 339 g/mol. The summed E-state index contributed by atoms with van der Waals surface area (Å²) in [6.45, 7) is 1.16. The molecule has 0 heterocycles. The highest BCUT2D eigenvalue weighted by molar-refractivity contribution is 5.94. The molecule has 0 unspecified atom stereocenters. The summed E-state index contributed by atoms with van der Waals surface area (Å²) < 4.78 is 33.6. The van der Waals surface area contributed by atoms with E-state index in [1.807, 2.05) is 0 Å². The molecule has 8 heteroatoms. The normalized spacial score (nSPS) is 10.0. The summed E-state index contributed by atoms with van der Waals surface area (Å²) >= 11 is 0. The van der Waals surface area contributed by atoms with Crippen LogP contribution in [0, 0.1) is 0 Å². The number of carbonyl (C=O) groups is 1. The highest BCUT2D eigenvalue weighted by Gasteiger charge is 2.13. The van der Waals surface area contributed by atoms with Crippen LogP contribution < -0.4 is 20.1 Å². The van der Waals surface area contributed by atoms with E-state index < -0.39 is 6.61 Å². The first-order valence-electron chi connectivity index (χ1n) is 6.70. The van der Waals surface area contributed by atoms with E-state index in [2.05, 4.69) is 22.3 Å². The van der Waals surface area contributed by atoms with E-state index in [1.54, 1.807) is 0 Å². The predicted octanol–water partition coefficient (Wildman–Crippen LogP) is 2.45. The molecule has 0 aliphatic heterocycles. The molecular formula is C14H21ClF2N2O3. The van der Waals surface area contributed by atoms with Crippen molar-refractivity contribution in [1.82, 2.24) is 10.6 Å². The molecule has 5 nitrogen and oxygen atoms in total. The van der Waals surface area contributed by atoms with Gasteiger partial charge in [-0.1, -0.05) is 6.92 Å². The third kappa shape index (κ3) is 6.91. The van der Waals surface area contributed by atoms with Crippen LogP contribution in [0.3, 0.4) is 0 Å². The molecule has 0 spiro atoms. The van der Waals surface area contributed by atoms with Crippen molar-refractivity contribution in [3.63, 3.8) is 0 Å². The number of halogens is 3. The van der Waals surface area contributed by atoms with E-state index in [4.69, 9.17) is 4.74 Å². The van der Waals surface area contributed by atoms with Crippen LogP contribution in [-0.4, -0.2) is 39.3 Å². The van der Waals surface area contributed by atoms with Gasteiger partial charge in [-0.25, -0.2) is 0 Å². The van der Waals surface area contributed by atoms with Crippen molar-refractivity contribution in [3.05, 3.63) is 23.8 Å². The summed E-state index contributed by atoms with van der Waals surface area (Å²) in [4.78, 5) is 11.9. The van der Waals surface area contributed by atoms with Crippen LogP contribution in [0.2, 0.25) is 0 Å². The van der Waals surface area contributed by atoms with Crippen molar-refractivity contribution >= 4 is 18.3 Å². The van der Waals surface area contributed by atoms with Gasteiger partial charge in [-0.3, -0.25) is 4.79 Å². The number of hydrogen-bond donors (Lipinski definition) is 2. The third-order valence-electron chi connectivity index (χ3n) is 2.66. The Kier molecular flexibility index (Phi) is 10.2. The average Bonchev–Trinajstić information content (AvgIpc) is 2.46. The Labute approximate surface area is 134 Å².